The summed E-state index contributed by atoms with van der Waals surface area (Å²) < 4.78 is 13.8. The molecule has 0 aliphatic carbocycles. The van der Waals surface area contributed by atoms with Crippen molar-refractivity contribution in [2.45, 2.75) is 4.34 Å². The van der Waals surface area contributed by atoms with Crippen LogP contribution in [0.1, 0.15) is 10.4 Å². The molecular weight excluding hydrogens is 385 g/mol. The zero-order chi connectivity index (χ0) is 15.4. The van der Waals surface area contributed by atoms with Gasteiger partial charge in [0, 0.05) is 0 Å². The molecule has 10 heteroatoms. The number of anilines is 1. The largest absolute Gasteiger partial charge is 0.481 e. The Bertz CT molecular complexity index is 695. The number of halogens is 2. The minimum atomic E-state index is -0.968. The molecule has 0 unspecified atom stereocenters. The molecule has 21 heavy (non-hydrogen) atoms. The lowest BCUT2D eigenvalue weighted by Crippen LogP contribution is -2.12. The van der Waals surface area contributed by atoms with Crippen molar-refractivity contribution in [1.29, 1.82) is 0 Å². The van der Waals surface area contributed by atoms with E-state index in [-0.39, 0.29) is 20.9 Å². The number of hydrogen-bond acceptors (Lipinski definition) is 6. The number of nitrogens with zero attached hydrogens (tertiary/aromatic N) is 2. The summed E-state index contributed by atoms with van der Waals surface area (Å²) in [6.45, 7) is 0. The van der Waals surface area contributed by atoms with E-state index in [1.807, 2.05) is 0 Å². The summed E-state index contributed by atoms with van der Waals surface area (Å²) in [6.07, 6.45) is 0. The summed E-state index contributed by atoms with van der Waals surface area (Å²) in [6, 6.07) is 4.11. The second-order valence-corrected chi connectivity index (χ2v) is 6.60. The van der Waals surface area contributed by atoms with Crippen molar-refractivity contribution in [3.8, 4) is 0 Å². The van der Waals surface area contributed by atoms with Gasteiger partial charge in [-0.05, 0) is 28.1 Å². The zero-order valence-electron chi connectivity index (χ0n) is 10.2. The SMILES string of the molecule is O=C(O)CSc1nnc(NC(=O)c2cccc(F)c2Br)s1. The van der Waals surface area contributed by atoms with Crippen LogP contribution in [-0.4, -0.2) is 32.9 Å². The van der Waals surface area contributed by atoms with Crippen molar-refractivity contribution in [2.75, 3.05) is 11.1 Å². The molecule has 1 aromatic heterocycles. The minimum absolute atomic E-state index is 0.0625. The van der Waals surface area contributed by atoms with Crippen LogP contribution in [0.25, 0.3) is 0 Å². The maximum atomic E-state index is 13.3. The number of benzene rings is 1. The van der Waals surface area contributed by atoms with Crippen LogP contribution in [0, 0.1) is 5.82 Å². The number of rotatable bonds is 5. The fraction of sp³-hybridized carbons (Fsp3) is 0.0909. The van der Waals surface area contributed by atoms with E-state index < -0.39 is 17.7 Å². The summed E-state index contributed by atoms with van der Waals surface area (Å²) in [5.74, 6) is -2.19. The molecule has 1 aromatic carbocycles. The summed E-state index contributed by atoms with van der Waals surface area (Å²) in [7, 11) is 0. The quantitative estimate of drug-likeness (QED) is 0.601. The predicted octanol–water partition coefficient (Wildman–Crippen LogP) is 2.87. The second kappa shape index (κ2) is 6.96. The molecule has 2 rings (SSSR count). The predicted molar refractivity (Wildman–Crippen MR) is 80.3 cm³/mol. The van der Waals surface area contributed by atoms with Crippen LogP contribution < -0.4 is 5.32 Å². The first kappa shape index (κ1) is 15.9. The molecule has 1 heterocycles. The van der Waals surface area contributed by atoms with Gasteiger partial charge in [-0.15, -0.1) is 10.2 Å². The first-order chi connectivity index (χ1) is 9.97. The molecule has 0 atom stereocenters. The van der Waals surface area contributed by atoms with Gasteiger partial charge in [-0.2, -0.15) is 0 Å². The van der Waals surface area contributed by atoms with Gasteiger partial charge in [0.2, 0.25) is 5.13 Å². The molecule has 1 amide bonds. The first-order valence-corrected chi connectivity index (χ1v) is 8.00. The van der Waals surface area contributed by atoms with E-state index >= 15 is 0 Å². The Labute approximate surface area is 134 Å². The van der Waals surface area contributed by atoms with Crippen molar-refractivity contribution in [2.24, 2.45) is 0 Å². The summed E-state index contributed by atoms with van der Waals surface area (Å²) in [5, 5.41) is 18.7. The van der Waals surface area contributed by atoms with Gasteiger partial charge >= 0.3 is 5.97 Å². The van der Waals surface area contributed by atoms with E-state index in [1.165, 1.54) is 18.2 Å². The van der Waals surface area contributed by atoms with E-state index in [0.29, 0.717) is 4.34 Å². The number of carbonyl (C=O) groups is 2. The van der Waals surface area contributed by atoms with E-state index in [0.717, 1.165) is 23.1 Å². The Morgan fingerprint density at radius 1 is 1.43 bits per heavy atom. The maximum absolute atomic E-state index is 13.3. The molecule has 0 saturated heterocycles. The third-order valence-corrected chi connectivity index (χ3v) is 4.90. The van der Waals surface area contributed by atoms with Crippen LogP contribution in [0.4, 0.5) is 9.52 Å². The normalized spacial score (nSPS) is 10.4. The Kier molecular flexibility index (Phi) is 5.26. The summed E-state index contributed by atoms with van der Waals surface area (Å²) >= 11 is 5.05. The van der Waals surface area contributed by atoms with Crippen molar-refractivity contribution < 1.29 is 19.1 Å². The van der Waals surface area contributed by atoms with Crippen LogP contribution in [0.2, 0.25) is 0 Å². The van der Waals surface area contributed by atoms with Gasteiger partial charge < -0.3 is 5.11 Å². The maximum Gasteiger partial charge on any atom is 0.313 e. The van der Waals surface area contributed by atoms with Gasteiger partial charge in [0.05, 0.1) is 15.8 Å². The molecule has 110 valence electrons. The number of hydrogen-bond donors (Lipinski definition) is 2. The highest BCUT2D eigenvalue weighted by Gasteiger charge is 2.15. The number of aliphatic carboxylic acids is 1. The molecule has 0 aliphatic rings. The fourth-order valence-electron chi connectivity index (χ4n) is 1.29. The number of nitrogens with one attached hydrogen (secondary N) is 1. The van der Waals surface area contributed by atoms with Crippen LogP contribution in [0.3, 0.4) is 0 Å². The van der Waals surface area contributed by atoms with E-state index in [9.17, 15) is 14.0 Å². The lowest BCUT2D eigenvalue weighted by Gasteiger charge is -2.04. The zero-order valence-corrected chi connectivity index (χ0v) is 13.4. The van der Waals surface area contributed by atoms with E-state index in [2.05, 4.69) is 31.4 Å². The monoisotopic (exact) mass is 391 g/mol. The molecule has 0 spiro atoms. The molecule has 6 nitrogen and oxygen atoms in total. The number of carbonyl (C=O) groups excluding carboxylic acids is 1. The van der Waals surface area contributed by atoms with Crippen LogP contribution in [0.5, 0.6) is 0 Å². The first-order valence-electron chi connectivity index (χ1n) is 5.41. The highest BCUT2D eigenvalue weighted by atomic mass is 79.9. The van der Waals surface area contributed by atoms with Gasteiger partial charge in [-0.1, -0.05) is 29.2 Å². The molecule has 2 aromatic rings. The number of carboxylic acid groups (broad SMARTS) is 1. The van der Waals surface area contributed by atoms with Gasteiger partial charge in [0.15, 0.2) is 4.34 Å². The number of thioether (sulfide) groups is 1. The standard InChI is InChI=1S/C11H7BrFN3O3S2/c12-8-5(2-1-3-6(8)13)9(19)14-10-15-16-11(21-10)20-4-7(17)18/h1-3H,4H2,(H,17,18)(H,14,15,19). The minimum Gasteiger partial charge on any atom is -0.481 e. The molecule has 0 fully saturated rings. The van der Waals surface area contributed by atoms with Crippen molar-refractivity contribution in [3.63, 3.8) is 0 Å². The molecule has 2 N–H and O–H groups in total. The number of carboxylic acids is 1. The smallest absolute Gasteiger partial charge is 0.313 e. The topological polar surface area (TPSA) is 92.2 Å². The highest BCUT2D eigenvalue weighted by Crippen LogP contribution is 2.26. The third-order valence-electron chi connectivity index (χ3n) is 2.14. The van der Waals surface area contributed by atoms with Crippen molar-refractivity contribution in [3.05, 3.63) is 34.1 Å². The lowest BCUT2D eigenvalue weighted by molar-refractivity contribution is -0.133. The van der Waals surface area contributed by atoms with Crippen molar-refractivity contribution >= 4 is 56.0 Å². The van der Waals surface area contributed by atoms with Crippen molar-refractivity contribution in [1.82, 2.24) is 10.2 Å². The van der Waals surface area contributed by atoms with Crippen LogP contribution in [0.15, 0.2) is 27.0 Å². The van der Waals surface area contributed by atoms with Gasteiger partial charge in [-0.3, -0.25) is 14.9 Å². The average Bonchev–Trinajstić information content (AvgIpc) is 2.87. The number of amides is 1. The Morgan fingerprint density at radius 2 is 2.19 bits per heavy atom. The van der Waals surface area contributed by atoms with Crippen LogP contribution >= 0.6 is 39.0 Å². The van der Waals surface area contributed by atoms with Crippen LogP contribution in [-0.2, 0) is 4.79 Å². The fourth-order valence-corrected chi connectivity index (χ4v) is 3.20. The van der Waals surface area contributed by atoms with Gasteiger partial charge in [-0.25, -0.2) is 4.39 Å². The molecular formula is C11H7BrFN3O3S2. The Morgan fingerprint density at radius 3 is 2.90 bits per heavy atom. The molecule has 0 saturated carbocycles. The number of aromatic nitrogens is 2. The average molecular weight is 392 g/mol. The third kappa shape index (κ3) is 4.22. The molecule has 0 aliphatic heterocycles. The highest BCUT2D eigenvalue weighted by molar-refractivity contribution is 9.10. The summed E-state index contributed by atoms with van der Waals surface area (Å²) in [4.78, 5) is 22.4. The molecule has 0 radical (unpaired) electrons. The summed E-state index contributed by atoms with van der Waals surface area (Å²) in [5.41, 5.74) is 0.130. The second-order valence-electron chi connectivity index (χ2n) is 3.61. The Hall–Kier alpha value is -1.52. The van der Waals surface area contributed by atoms with Gasteiger partial charge in [0.1, 0.15) is 5.82 Å². The Balaban J connectivity index is 2.06. The van der Waals surface area contributed by atoms with E-state index in [4.69, 9.17) is 5.11 Å². The lowest BCUT2D eigenvalue weighted by atomic mass is 10.2. The molecule has 0 bridgehead atoms. The van der Waals surface area contributed by atoms with E-state index in [1.54, 1.807) is 0 Å². The van der Waals surface area contributed by atoms with Gasteiger partial charge in [0.25, 0.3) is 5.91 Å².